The molecule has 19 heavy (non-hydrogen) atoms. The number of carbonyl (C=O) groups excluding carboxylic acids is 1. The minimum absolute atomic E-state index is 0.0340. The zero-order valence-corrected chi connectivity index (χ0v) is 12.0. The minimum Gasteiger partial charge on any atom is -0.469 e. The van der Waals surface area contributed by atoms with Gasteiger partial charge in [-0.05, 0) is 12.1 Å². The van der Waals surface area contributed by atoms with Crippen LogP contribution in [-0.2, 0) is 29.0 Å². The van der Waals surface area contributed by atoms with Crippen molar-refractivity contribution in [3.8, 4) is 0 Å². The summed E-state index contributed by atoms with van der Waals surface area (Å²) >= 11 is 2.75. The van der Waals surface area contributed by atoms with E-state index in [1.165, 1.54) is 7.11 Å². The third kappa shape index (κ3) is 4.30. The topological polar surface area (TPSA) is 71.2 Å². The van der Waals surface area contributed by atoms with Crippen LogP contribution in [0.5, 0.6) is 0 Å². The third-order valence-corrected chi connectivity index (χ3v) is 4.25. The van der Waals surface area contributed by atoms with E-state index in [1.807, 2.05) is 17.5 Å². The number of H-pyrrole nitrogens is 1. The number of thiophene rings is 1. The second-order valence-electron chi connectivity index (χ2n) is 3.90. The summed E-state index contributed by atoms with van der Waals surface area (Å²) in [4.78, 5) is 26.9. The molecule has 0 fully saturated rings. The van der Waals surface area contributed by atoms with Gasteiger partial charge in [0, 0.05) is 33.9 Å². The monoisotopic (exact) mass is 298 g/mol. The number of ether oxygens (including phenoxy) is 1. The second kappa shape index (κ2) is 6.65. The lowest BCUT2D eigenvalue weighted by molar-refractivity contribution is -0.139. The fourth-order valence-electron chi connectivity index (χ4n) is 1.55. The Labute approximate surface area is 118 Å². The largest absolute Gasteiger partial charge is 0.469 e. The van der Waals surface area contributed by atoms with Crippen LogP contribution in [0.4, 0.5) is 0 Å². The van der Waals surface area contributed by atoms with Gasteiger partial charge in [0.1, 0.15) is 0 Å². The van der Waals surface area contributed by atoms with Gasteiger partial charge in [-0.1, -0.05) is 11.3 Å². The molecule has 0 unspecified atom stereocenters. The van der Waals surface area contributed by atoms with Gasteiger partial charge >= 0.3 is 10.8 Å². The molecule has 0 radical (unpaired) electrons. The molecule has 0 aliphatic heterocycles. The van der Waals surface area contributed by atoms with Crippen molar-refractivity contribution in [3.63, 3.8) is 0 Å². The Morgan fingerprint density at radius 3 is 2.84 bits per heavy atom. The molecule has 2 aromatic rings. The van der Waals surface area contributed by atoms with Gasteiger partial charge in [-0.2, -0.15) is 0 Å². The van der Waals surface area contributed by atoms with E-state index >= 15 is 0 Å². The molecule has 2 heterocycles. The normalized spacial score (nSPS) is 10.6. The molecule has 7 heteroatoms. The van der Waals surface area contributed by atoms with Gasteiger partial charge in [-0.3, -0.25) is 9.59 Å². The first kappa shape index (κ1) is 14.0. The number of esters is 1. The van der Waals surface area contributed by atoms with Crippen molar-refractivity contribution in [1.29, 1.82) is 0 Å². The van der Waals surface area contributed by atoms with Crippen LogP contribution < -0.4 is 10.2 Å². The Balaban J connectivity index is 1.80. The summed E-state index contributed by atoms with van der Waals surface area (Å²) in [7, 11) is 1.39. The van der Waals surface area contributed by atoms with E-state index in [9.17, 15) is 9.59 Å². The molecular weight excluding hydrogens is 284 g/mol. The van der Waals surface area contributed by atoms with Crippen LogP contribution in [0.25, 0.3) is 0 Å². The summed E-state index contributed by atoms with van der Waals surface area (Å²) in [5.74, 6) is -0.225. The number of methoxy groups -OCH3 is 1. The van der Waals surface area contributed by atoms with Crippen molar-refractivity contribution >= 4 is 28.6 Å². The van der Waals surface area contributed by atoms with E-state index in [2.05, 4.69) is 15.0 Å². The quantitative estimate of drug-likeness (QED) is 0.793. The molecule has 2 rings (SSSR count). The highest BCUT2D eigenvalue weighted by Crippen LogP contribution is 2.17. The molecule has 2 N–H and O–H groups in total. The molecule has 0 amide bonds. The van der Waals surface area contributed by atoms with Crippen LogP contribution in [0.1, 0.15) is 15.4 Å². The van der Waals surface area contributed by atoms with Crippen molar-refractivity contribution < 1.29 is 9.53 Å². The number of aromatic amines is 1. The van der Waals surface area contributed by atoms with Gasteiger partial charge in [-0.25, -0.2) is 0 Å². The minimum atomic E-state index is -0.225. The van der Waals surface area contributed by atoms with Crippen LogP contribution >= 0.6 is 22.7 Å². The highest BCUT2D eigenvalue weighted by Gasteiger charge is 2.06. The van der Waals surface area contributed by atoms with Crippen molar-refractivity contribution in [2.24, 2.45) is 0 Å². The predicted molar refractivity (Wildman–Crippen MR) is 75.5 cm³/mol. The summed E-state index contributed by atoms with van der Waals surface area (Å²) in [5, 5.41) is 5.05. The number of rotatable bonds is 6. The van der Waals surface area contributed by atoms with Crippen LogP contribution in [0.2, 0.25) is 0 Å². The lowest BCUT2D eigenvalue weighted by Gasteiger charge is -2.00. The first-order chi connectivity index (χ1) is 9.17. The van der Waals surface area contributed by atoms with E-state index in [1.54, 1.807) is 11.3 Å². The molecule has 0 atom stereocenters. The van der Waals surface area contributed by atoms with Gasteiger partial charge < -0.3 is 15.0 Å². The third-order valence-electron chi connectivity index (χ3n) is 2.45. The zero-order valence-electron chi connectivity index (χ0n) is 10.4. The van der Waals surface area contributed by atoms with Crippen LogP contribution in [0.3, 0.4) is 0 Å². The summed E-state index contributed by atoms with van der Waals surface area (Å²) in [6.07, 6.45) is 0.318. The first-order valence-electron chi connectivity index (χ1n) is 5.69. The molecule has 0 aliphatic carbocycles. The van der Waals surface area contributed by atoms with Crippen molar-refractivity contribution in [2.45, 2.75) is 19.5 Å². The number of thiazole rings is 1. The van der Waals surface area contributed by atoms with Crippen LogP contribution in [0, 0.1) is 0 Å². The SMILES string of the molecule is COC(=O)Cc1ccc(CNCc2csc(=O)[nH]2)s1. The molecular formula is C12H14N2O3S2. The van der Waals surface area contributed by atoms with E-state index < -0.39 is 0 Å². The van der Waals surface area contributed by atoms with E-state index in [-0.39, 0.29) is 10.8 Å². The van der Waals surface area contributed by atoms with Crippen molar-refractivity contribution in [1.82, 2.24) is 10.3 Å². The number of hydrogen-bond donors (Lipinski definition) is 2. The first-order valence-corrected chi connectivity index (χ1v) is 7.39. The standard InChI is InChI=1S/C12H14N2O3S2/c1-17-11(15)4-9-2-3-10(19-9)6-13-5-8-7-18-12(16)14-8/h2-3,7,13H,4-6H2,1H3,(H,14,16). The molecule has 0 bridgehead atoms. The highest BCUT2D eigenvalue weighted by molar-refractivity contribution is 7.12. The summed E-state index contributed by atoms with van der Waals surface area (Å²) in [6.45, 7) is 1.34. The Morgan fingerprint density at radius 1 is 1.37 bits per heavy atom. The molecule has 0 spiro atoms. The maximum atomic E-state index is 11.1. The summed E-state index contributed by atoms with van der Waals surface area (Å²) in [5.41, 5.74) is 0.890. The van der Waals surface area contributed by atoms with E-state index in [0.717, 1.165) is 26.8 Å². The molecule has 5 nitrogen and oxygen atoms in total. The number of carbonyl (C=O) groups is 1. The summed E-state index contributed by atoms with van der Waals surface area (Å²) < 4.78 is 4.62. The van der Waals surface area contributed by atoms with Gasteiger partial charge in [0.2, 0.25) is 0 Å². The maximum absolute atomic E-state index is 11.1. The Kier molecular flexibility index (Phi) is 4.89. The lowest BCUT2D eigenvalue weighted by Crippen LogP contribution is -2.12. The van der Waals surface area contributed by atoms with Gasteiger partial charge in [0.05, 0.1) is 13.5 Å². The Hall–Kier alpha value is -1.44. The smallest absolute Gasteiger partial charge is 0.310 e. The average Bonchev–Trinajstić information content (AvgIpc) is 2.99. The Bertz CT molecular complexity index is 600. The van der Waals surface area contributed by atoms with Gasteiger partial charge in [0.15, 0.2) is 0 Å². The fraction of sp³-hybridized carbons (Fsp3) is 0.333. The molecule has 102 valence electrons. The number of hydrogen-bond acceptors (Lipinski definition) is 6. The van der Waals surface area contributed by atoms with Gasteiger partial charge in [-0.15, -0.1) is 11.3 Å². The molecule has 2 aromatic heterocycles. The molecule has 0 aliphatic rings. The van der Waals surface area contributed by atoms with E-state index in [4.69, 9.17) is 0 Å². The number of aromatic nitrogens is 1. The summed E-state index contributed by atoms with van der Waals surface area (Å²) in [6, 6.07) is 3.93. The van der Waals surface area contributed by atoms with Crippen LogP contribution in [-0.4, -0.2) is 18.1 Å². The lowest BCUT2D eigenvalue weighted by atomic mass is 10.3. The number of nitrogens with one attached hydrogen (secondary N) is 2. The molecule has 0 aromatic carbocycles. The second-order valence-corrected chi connectivity index (χ2v) is 5.99. The predicted octanol–water partition coefficient (Wildman–Crippen LogP) is 1.50. The van der Waals surface area contributed by atoms with Crippen molar-refractivity contribution in [3.05, 3.63) is 42.6 Å². The van der Waals surface area contributed by atoms with Crippen LogP contribution in [0.15, 0.2) is 22.3 Å². The zero-order chi connectivity index (χ0) is 13.7. The molecule has 0 saturated heterocycles. The Morgan fingerprint density at radius 2 is 2.16 bits per heavy atom. The fourth-order valence-corrected chi connectivity index (χ4v) is 3.10. The highest BCUT2D eigenvalue weighted by atomic mass is 32.1. The average molecular weight is 298 g/mol. The molecule has 0 saturated carbocycles. The van der Waals surface area contributed by atoms with Crippen molar-refractivity contribution in [2.75, 3.05) is 7.11 Å². The maximum Gasteiger partial charge on any atom is 0.310 e. The van der Waals surface area contributed by atoms with E-state index in [0.29, 0.717) is 19.5 Å². The van der Waals surface area contributed by atoms with Gasteiger partial charge in [0.25, 0.3) is 0 Å².